The zero-order chi connectivity index (χ0) is 16.4. The van der Waals surface area contributed by atoms with Gasteiger partial charge in [-0.3, -0.25) is 0 Å². The fourth-order valence-electron chi connectivity index (χ4n) is 2.80. The van der Waals surface area contributed by atoms with E-state index in [0.29, 0.717) is 12.0 Å². The Morgan fingerprint density at radius 1 is 0.909 bits per heavy atom. The molecule has 1 rings (SSSR count). The first-order valence-corrected chi connectivity index (χ1v) is 8.23. The van der Waals surface area contributed by atoms with Crippen LogP contribution in [0, 0.1) is 0 Å². The third-order valence-electron chi connectivity index (χ3n) is 4.19. The highest BCUT2D eigenvalue weighted by Crippen LogP contribution is 2.41. The number of aromatic hydroxyl groups is 2. The minimum atomic E-state index is -1.01. The van der Waals surface area contributed by atoms with E-state index in [0.717, 1.165) is 12.8 Å². The maximum absolute atomic E-state index is 10.1. The van der Waals surface area contributed by atoms with Crippen molar-refractivity contribution in [2.24, 2.45) is 0 Å². The molecule has 0 aliphatic heterocycles. The normalized spacial score (nSPS) is 11.8. The average molecular weight is 310 g/mol. The van der Waals surface area contributed by atoms with Crippen molar-refractivity contribution in [1.29, 1.82) is 0 Å². The molecule has 0 bridgehead atoms. The number of ether oxygens (including phenoxy) is 2. The lowest BCUT2D eigenvalue weighted by molar-refractivity contribution is -0.221. The largest absolute Gasteiger partial charge is 0.504 e. The van der Waals surface area contributed by atoms with Crippen LogP contribution in [-0.2, 0) is 15.3 Å². The molecular formula is C18H30O4. The minimum absolute atomic E-state index is 0.157. The summed E-state index contributed by atoms with van der Waals surface area (Å²) >= 11 is 0. The second kappa shape index (κ2) is 9.70. The van der Waals surface area contributed by atoms with Gasteiger partial charge >= 0.3 is 0 Å². The van der Waals surface area contributed by atoms with Crippen LogP contribution in [0.5, 0.6) is 11.5 Å². The molecule has 0 aliphatic carbocycles. The maximum atomic E-state index is 10.1. The van der Waals surface area contributed by atoms with Gasteiger partial charge in [-0.25, -0.2) is 0 Å². The van der Waals surface area contributed by atoms with Gasteiger partial charge in [-0.05, 0) is 18.6 Å². The molecule has 4 heteroatoms. The van der Waals surface area contributed by atoms with E-state index in [1.54, 1.807) is 26.4 Å². The van der Waals surface area contributed by atoms with E-state index in [4.69, 9.17) is 9.47 Å². The third kappa shape index (κ3) is 4.89. The molecule has 4 nitrogen and oxygen atoms in total. The number of hydrogen-bond acceptors (Lipinski definition) is 4. The van der Waals surface area contributed by atoms with Crippen LogP contribution >= 0.6 is 0 Å². The van der Waals surface area contributed by atoms with Gasteiger partial charge in [-0.15, -0.1) is 0 Å². The first-order chi connectivity index (χ1) is 10.6. The van der Waals surface area contributed by atoms with Gasteiger partial charge in [0.1, 0.15) is 0 Å². The molecule has 2 N–H and O–H groups in total. The summed E-state index contributed by atoms with van der Waals surface area (Å²) in [5.74, 6) is -1.34. The fraction of sp³-hybridized carbons (Fsp3) is 0.667. The van der Waals surface area contributed by atoms with Crippen LogP contribution in [0.4, 0.5) is 0 Å². The molecule has 0 fully saturated rings. The molecule has 1 aromatic carbocycles. The Kier molecular flexibility index (Phi) is 8.28. The number of unbranched alkanes of at least 4 members (excludes halogenated alkanes) is 6. The first-order valence-electron chi connectivity index (χ1n) is 8.23. The molecule has 0 atom stereocenters. The van der Waals surface area contributed by atoms with E-state index in [1.165, 1.54) is 38.2 Å². The molecule has 1 aromatic rings. The smallest absolute Gasteiger partial charge is 0.197 e. The van der Waals surface area contributed by atoms with E-state index < -0.39 is 5.79 Å². The molecule has 0 saturated carbocycles. The second-order valence-corrected chi connectivity index (χ2v) is 5.71. The Morgan fingerprint density at radius 3 is 2.09 bits per heavy atom. The lowest BCUT2D eigenvalue weighted by Crippen LogP contribution is -2.31. The van der Waals surface area contributed by atoms with Crippen molar-refractivity contribution >= 4 is 0 Å². The fourth-order valence-corrected chi connectivity index (χ4v) is 2.80. The molecule has 0 aromatic heterocycles. The summed E-state index contributed by atoms with van der Waals surface area (Å²) in [4.78, 5) is 0. The van der Waals surface area contributed by atoms with Gasteiger partial charge in [0.2, 0.25) is 0 Å². The van der Waals surface area contributed by atoms with Gasteiger partial charge in [0.15, 0.2) is 17.3 Å². The van der Waals surface area contributed by atoms with Crippen LogP contribution in [0.25, 0.3) is 0 Å². The van der Waals surface area contributed by atoms with E-state index in [2.05, 4.69) is 6.92 Å². The summed E-state index contributed by atoms with van der Waals surface area (Å²) in [6, 6.07) is 4.86. The van der Waals surface area contributed by atoms with Crippen LogP contribution in [0.1, 0.15) is 63.9 Å². The van der Waals surface area contributed by atoms with Gasteiger partial charge in [0.05, 0.1) is 5.56 Å². The standard InChI is InChI=1S/C18H30O4/c1-4-5-6-7-8-9-10-14-18(21-2,22-3)15-12-11-13-16(19)17(15)20/h11-13,19-20H,4-10,14H2,1-3H3. The van der Waals surface area contributed by atoms with Crippen molar-refractivity contribution in [2.75, 3.05) is 14.2 Å². The zero-order valence-corrected chi connectivity index (χ0v) is 14.1. The summed E-state index contributed by atoms with van der Waals surface area (Å²) < 4.78 is 11.1. The quantitative estimate of drug-likeness (QED) is 0.354. The van der Waals surface area contributed by atoms with Crippen LogP contribution < -0.4 is 0 Å². The number of phenolic OH excluding ortho intramolecular Hbond substituents is 2. The molecule has 0 saturated heterocycles. The third-order valence-corrected chi connectivity index (χ3v) is 4.19. The summed E-state index contributed by atoms with van der Waals surface area (Å²) in [7, 11) is 3.13. The van der Waals surface area contributed by atoms with E-state index >= 15 is 0 Å². The lowest BCUT2D eigenvalue weighted by atomic mass is 9.97. The molecule has 0 aliphatic rings. The Labute approximate surface area is 134 Å². The Balaban J connectivity index is 2.62. The zero-order valence-electron chi connectivity index (χ0n) is 14.1. The minimum Gasteiger partial charge on any atom is -0.504 e. The highest BCUT2D eigenvalue weighted by Gasteiger charge is 2.35. The van der Waals surface area contributed by atoms with Crippen molar-refractivity contribution in [3.8, 4) is 11.5 Å². The molecule has 0 radical (unpaired) electrons. The summed E-state index contributed by atoms with van der Waals surface area (Å²) in [6.07, 6.45) is 9.02. The summed E-state index contributed by atoms with van der Waals surface area (Å²) in [5.41, 5.74) is 0.475. The molecular weight excluding hydrogens is 280 g/mol. The number of hydrogen-bond donors (Lipinski definition) is 2. The van der Waals surface area contributed by atoms with Crippen molar-refractivity contribution in [3.63, 3.8) is 0 Å². The van der Waals surface area contributed by atoms with Gasteiger partial charge in [0.25, 0.3) is 0 Å². The number of benzene rings is 1. The van der Waals surface area contributed by atoms with Crippen LogP contribution in [0.15, 0.2) is 18.2 Å². The molecule has 22 heavy (non-hydrogen) atoms. The van der Waals surface area contributed by atoms with Gasteiger partial charge < -0.3 is 19.7 Å². The number of methoxy groups -OCH3 is 2. The molecule has 0 unspecified atom stereocenters. The van der Waals surface area contributed by atoms with Gasteiger partial charge in [-0.2, -0.15) is 0 Å². The SMILES string of the molecule is CCCCCCCCCC(OC)(OC)c1cccc(O)c1O. The molecule has 0 amide bonds. The van der Waals surface area contributed by atoms with E-state index in [-0.39, 0.29) is 11.5 Å². The highest BCUT2D eigenvalue weighted by atomic mass is 16.7. The van der Waals surface area contributed by atoms with Crippen molar-refractivity contribution < 1.29 is 19.7 Å². The monoisotopic (exact) mass is 310 g/mol. The predicted octanol–water partition coefficient (Wildman–Crippen LogP) is 4.68. The number of para-hydroxylation sites is 1. The lowest BCUT2D eigenvalue weighted by Gasteiger charge is -2.32. The Bertz CT molecular complexity index is 427. The van der Waals surface area contributed by atoms with Crippen molar-refractivity contribution in [2.45, 2.75) is 64.1 Å². The second-order valence-electron chi connectivity index (χ2n) is 5.71. The van der Waals surface area contributed by atoms with Crippen molar-refractivity contribution in [3.05, 3.63) is 23.8 Å². The molecule has 0 spiro atoms. The van der Waals surface area contributed by atoms with Crippen LogP contribution in [-0.4, -0.2) is 24.4 Å². The molecule has 0 heterocycles. The first kappa shape index (κ1) is 18.8. The number of rotatable bonds is 11. The van der Waals surface area contributed by atoms with Crippen LogP contribution in [0.2, 0.25) is 0 Å². The van der Waals surface area contributed by atoms with E-state index in [9.17, 15) is 10.2 Å². The summed E-state index contributed by atoms with van der Waals surface area (Å²) in [6.45, 7) is 2.22. The maximum Gasteiger partial charge on any atom is 0.197 e. The van der Waals surface area contributed by atoms with Crippen molar-refractivity contribution in [1.82, 2.24) is 0 Å². The topological polar surface area (TPSA) is 58.9 Å². The Morgan fingerprint density at radius 2 is 1.50 bits per heavy atom. The average Bonchev–Trinajstić information content (AvgIpc) is 2.54. The van der Waals surface area contributed by atoms with Gasteiger partial charge in [0, 0.05) is 20.6 Å². The molecule has 126 valence electrons. The van der Waals surface area contributed by atoms with Gasteiger partial charge in [-0.1, -0.05) is 51.5 Å². The number of phenols is 2. The summed E-state index contributed by atoms with van der Waals surface area (Å²) in [5, 5.41) is 19.8. The Hall–Kier alpha value is -1.26. The highest BCUT2D eigenvalue weighted by molar-refractivity contribution is 5.46. The van der Waals surface area contributed by atoms with Crippen LogP contribution in [0.3, 0.4) is 0 Å². The van der Waals surface area contributed by atoms with E-state index in [1.807, 2.05) is 0 Å². The predicted molar refractivity (Wildman–Crippen MR) is 88.1 cm³/mol.